The second-order valence-corrected chi connectivity index (χ2v) is 7.97. The van der Waals surface area contributed by atoms with Crippen LogP contribution in [0.4, 0.5) is 0 Å². The van der Waals surface area contributed by atoms with Gasteiger partial charge in [0.25, 0.3) is 0 Å². The average molecular weight is 461 g/mol. The highest BCUT2D eigenvalue weighted by Crippen LogP contribution is 2.38. The molecule has 0 amide bonds. The van der Waals surface area contributed by atoms with E-state index in [9.17, 15) is 0 Å². The van der Waals surface area contributed by atoms with Gasteiger partial charge >= 0.3 is 0 Å². The fourth-order valence-electron chi connectivity index (χ4n) is 3.31. The highest BCUT2D eigenvalue weighted by molar-refractivity contribution is 5.77. The summed E-state index contributed by atoms with van der Waals surface area (Å²) in [4.78, 5) is 0. The molecule has 0 aliphatic rings. The maximum Gasteiger partial charge on any atom is 0.127 e. The minimum absolute atomic E-state index is 0.494. The molecule has 2 aromatic carbocycles. The zero-order chi connectivity index (χ0) is 23.7. The third-order valence-corrected chi connectivity index (χ3v) is 5.06. The third-order valence-electron chi connectivity index (χ3n) is 5.06. The van der Waals surface area contributed by atoms with Crippen molar-refractivity contribution in [2.45, 2.75) is 33.1 Å². The van der Waals surface area contributed by atoms with Crippen molar-refractivity contribution in [1.29, 1.82) is 0 Å². The molecule has 6 nitrogen and oxygen atoms in total. The summed E-state index contributed by atoms with van der Waals surface area (Å²) in [6, 6.07) is 12.5. The first kappa shape index (κ1) is 27.1. The van der Waals surface area contributed by atoms with Crippen molar-refractivity contribution in [3.05, 3.63) is 47.5 Å². The summed E-state index contributed by atoms with van der Waals surface area (Å²) in [6.45, 7) is 9.22. The van der Waals surface area contributed by atoms with Crippen molar-refractivity contribution in [1.82, 2.24) is 0 Å². The summed E-state index contributed by atoms with van der Waals surface area (Å²) in [7, 11) is 3.38. The molecule has 33 heavy (non-hydrogen) atoms. The molecule has 2 aromatic rings. The summed E-state index contributed by atoms with van der Waals surface area (Å²) in [6.07, 6.45) is 2.77. The van der Waals surface area contributed by atoms with Crippen LogP contribution in [0.15, 0.2) is 36.4 Å². The molecule has 0 saturated carbocycles. The lowest BCUT2D eigenvalue weighted by Gasteiger charge is -2.17. The molecule has 2 rings (SSSR count). The summed E-state index contributed by atoms with van der Waals surface area (Å²) in [5.74, 6) is 1.70. The highest BCUT2D eigenvalue weighted by Gasteiger charge is 2.13. The van der Waals surface area contributed by atoms with E-state index in [1.165, 1.54) is 11.1 Å². The molecular weight excluding hydrogens is 420 g/mol. The number of benzene rings is 2. The maximum absolute atomic E-state index is 6.18. The van der Waals surface area contributed by atoms with E-state index >= 15 is 0 Å². The summed E-state index contributed by atoms with van der Waals surface area (Å²) in [5, 5.41) is 0. The zero-order valence-corrected chi connectivity index (χ0v) is 20.7. The van der Waals surface area contributed by atoms with E-state index < -0.39 is 0 Å². The molecule has 0 aromatic heterocycles. The molecule has 0 N–H and O–H groups in total. The Morgan fingerprint density at radius 2 is 1.03 bits per heavy atom. The van der Waals surface area contributed by atoms with Crippen LogP contribution in [0.5, 0.6) is 11.5 Å². The molecule has 0 fully saturated rings. The molecule has 0 bridgehead atoms. The van der Waals surface area contributed by atoms with Gasteiger partial charge in [-0.15, -0.1) is 0 Å². The SMILES string of the molecule is COCCCOCCOc1ccc(C)cc1-c1cc(C)ccc1OCCCCOCCOC. The van der Waals surface area contributed by atoms with Crippen LogP contribution < -0.4 is 9.47 Å². The van der Waals surface area contributed by atoms with Crippen LogP contribution in [0.1, 0.15) is 30.4 Å². The first-order valence-electron chi connectivity index (χ1n) is 11.8. The van der Waals surface area contributed by atoms with Crippen LogP contribution in [0.25, 0.3) is 11.1 Å². The van der Waals surface area contributed by atoms with Gasteiger partial charge in [-0.1, -0.05) is 23.3 Å². The first-order valence-corrected chi connectivity index (χ1v) is 11.8. The van der Waals surface area contributed by atoms with E-state index in [0.29, 0.717) is 46.2 Å². The zero-order valence-electron chi connectivity index (χ0n) is 20.7. The Morgan fingerprint density at radius 3 is 1.64 bits per heavy atom. The van der Waals surface area contributed by atoms with E-state index in [2.05, 4.69) is 38.1 Å². The van der Waals surface area contributed by atoms with Crippen molar-refractivity contribution in [3.63, 3.8) is 0 Å². The molecule has 6 heteroatoms. The predicted molar refractivity (Wildman–Crippen MR) is 132 cm³/mol. The van der Waals surface area contributed by atoms with Crippen LogP contribution >= 0.6 is 0 Å². The van der Waals surface area contributed by atoms with Gasteiger partial charge in [0, 0.05) is 45.2 Å². The number of rotatable bonds is 18. The number of hydrogen-bond acceptors (Lipinski definition) is 6. The van der Waals surface area contributed by atoms with Gasteiger partial charge in [-0.3, -0.25) is 0 Å². The Bertz CT molecular complexity index is 792. The van der Waals surface area contributed by atoms with Crippen LogP contribution in [0, 0.1) is 13.8 Å². The molecule has 0 radical (unpaired) electrons. The molecule has 0 aliphatic carbocycles. The number of hydrogen-bond donors (Lipinski definition) is 0. The van der Waals surface area contributed by atoms with Gasteiger partial charge < -0.3 is 28.4 Å². The normalized spacial score (nSPS) is 11.0. The van der Waals surface area contributed by atoms with Gasteiger partial charge in [-0.25, -0.2) is 0 Å². The summed E-state index contributed by atoms with van der Waals surface area (Å²) >= 11 is 0. The smallest absolute Gasteiger partial charge is 0.127 e. The maximum atomic E-state index is 6.18. The Balaban J connectivity index is 1.97. The van der Waals surface area contributed by atoms with Crippen molar-refractivity contribution in [3.8, 4) is 22.6 Å². The van der Waals surface area contributed by atoms with Gasteiger partial charge in [-0.05, 0) is 57.4 Å². The summed E-state index contributed by atoms with van der Waals surface area (Å²) < 4.78 is 33.5. The Labute approximate surface area is 199 Å². The van der Waals surface area contributed by atoms with E-state index in [4.69, 9.17) is 28.4 Å². The monoisotopic (exact) mass is 460 g/mol. The number of ether oxygens (including phenoxy) is 6. The van der Waals surface area contributed by atoms with Gasteiger partial charge in [0.15, 0.2) is 0 Å². The largest absolute Gasteiger partial charge is 0.493 e. The molecule has 0 unspecified atom stereocenters. The standard InChI is InChI=1S/C27H40O6/c1-22-8-10-26(32-15-6-5-13-30-17-16-29-4)24(20-22)25-21-23(2)9-11-27(25)33-19-18-31-14-7-12-28-3/h8-11,20-21H,5-7,12-19H2,1-4H3. The Morgan fingerprint density at radius 1 is 0.515 bits per heavy atom. The van der Waals surface area contributed by atoms with E-state index in [0.717, 1.165) is 48.5 Å². The number of unbranched alkanes of at least 4 members (excludes halogenated alkanes) is 1. The summed E-state index contributed by atoms with van der Waals surface area (Å²) in [5.41, 5.74) is 4.44. The van der Waals surface area contributed by atoms with E-state index in [-0.39, 0.29) is 0 Å². The first-order chi connectivity index (χ1) is 16.2. The Hall–Kier alpha value is -2.12. The van der Waals surface area contributed by atoms with Crippen LogP contribution in [-0.2, 0) is 18.9 Å². The molecule has 184 valence electrons. The molecule has 0 saturated heterocycles. The molecule has 0 heterocycles. The van der Waals surface area contributed by atoms with Crippen molar-refractivity contribution >= 4 is 0 Å². The van der Waals surface area contributed by atoms with Gasteiger partial charge in [0.05, 0.1) is 26.4 Å². The molecular formula is C27H40O6. The fraction of sp³-hybridized carbons (Fsp3) is 0.556. The van der Waals surface area contributed by atoms with Crippen LogP contribution in [-0.4, -0.2) is 67.1 Å². The van der Waals surface area contributed by atoms with Gasteiger partial charge in [0.2, 0.25) is 0 Å². The number of methoxy groups -OCH3 is 2. The fourth-order valence-corrected chi connectivity index (χ4v) is 3.31. The molecule has 0 aliphatic heterocycles. The predicted octanol–water partition coefficient (Wildman–Crippen LogP) is 5.22. The van der Waals surface area contributed by atoms with Crippen LogP contribution in [0.3, 0.4) is 0 Å². The quantitative estimate of drug-likeness (QED) is 0.284. The Kier molecular flexibility index (Phi) is 13.6. The minimum atomic E-state index is 0.494. The second kappa shape index (κ2) is 16.5. The van der Waals surface area contributed by atoms with Crippen molar-refractivity contribution < 1.29 is 28.4 Å². The molecule has 0 atom stereocenters. The van der Waals surface area contributed by atoms with E-state index in [1.807, 2.05) is 12.1 Å². The lowest BCUT2D eigenvalue weighted by molar-refractivity contribution is 0.0674. The topological polar surface area (TPSA) is 55.4 Å². The lowest BCUT2D eigenvalue weighted by atomic mass is 9.99. The van der Waals surface area contributed by atoms with Crippen molar-refractivity contribution in [2.75, 3.05) is 67.1 Å². The van der Waals surface area contributed by atoms with Gasteiger partial charge in [-0.2, -0.15) is 0 Å². The van der Waals surface area contributed by atoms with Crippen molar-refractivity contribution in [2.24, 2.45) is 0 Å². The van der Waals surface area contributed by atoms with E-state index in [1.54, 1.807) is 14.2 Å². The lowest BCUT2D eigenvalue weighted by Crippen LogP contribution is -2.09. The van der Waals surface area contributed by atoms with Crippen LogP contribution in [0.2, 0.25) is 0 Å². The molecule has 0 spiro atoms. The van der Waals surface area contributed by atoms with Gasteiger partial charge in [0.1, 0.15) is 18.1 Å². The highest BCUT2D eigenvalue weighted by atomic mass is 16.5. The average Bonchev–Trinajstić information content (AvgIpc) is 2.81. The second-order valence-electron chi connectivity index (χ2n) is 7.97. The third kappa shape index (κ3) is 10.6. The minimum Gasteiger partial charge on any atom is -0.493 e. The number of aryl methyl sites for hydroxylation is 2.